The number of hydrogen-bond donors (Lipinski definition) is 2. The van der Waals surface area contributed by atoms with Crippen LogP contribution in [0.25, 0.3) is 0 Å². The molecule has 0 amide bonds. The molecule has 1 aliphatic carbocycles. The molecule has 1 aliphatic rings. The number of anilines is 1. The van der Waals surface area contributed by atoms with Gasteiger partial charge in [-0.3, -0.25) is 0 Å². The summed E-state index contributed by atoms with van der Waals surface area (Å²) in [5.74, 6) is -1.000. The third kappa shape index (κ3) is 3.20. The van der Waals surface area contributed by atoms with E-state index < -0.39 is 5.97 Å². The Morgan fingerprint density at radius 2 is 2.33 bits per heavy atom. The minimum atomic E-state index is -1.000. The van der Waals surface area contributed by atoms with E-state index in [0.29, 0.717) is 5.41 Å². The highest BCUT2D eigenvalue weighted by Gasteiger charge is 2.41. The fourth-order valence-electron chi connectivity index (χ4n) is 1.93. The molecule has 1 aromatic heterocycles. The lowest BCUT2D eigenvalue weighted by molar-refractivity contribution is 0.0690. The summed E-state index contributed by atoms with van der Waals surface area (Å²) in [7, 11) is 1.72. The summed E-state index contributed by atoms with van der Waals surface area (Å²) in [5.41, 5.74) is 1.30. The van der Waals surface area contributed by atoms with E-state index in [1.54, 1.807) is 19.4 Å². The minimum absolute atomic E-state index is 0.0704. The fraction of sp³-hybridized carbons (Fsp3) is 0.538. The lowest BCUT2D eigenvalue weighted by atomic mass is 10.0. The van der Waals surface area contributed by atoms with Gasteiger partial charge < -0.3 is 15.2 Å². The molecule has 0 saturated heterocycles. The number of pyridine rings is 1. The third-order valence-corrected chi connectivity index (χ3v) is 3.44. The van der Waals surface area contributed by atoms with Gasteiger partial charge in [-0.2, -0.15) is 0 Å². The molecule has 0 aliphatic heterocycles. The predicted molar refractivity (Wildman–Crippen MR) is 67.8 cm³/mol. The minimum Gasteiger partial charge on any atom is -0.477 e. The first-order valence-corrected chi connectivity index (χ1v) is 6.07. The van der Waals surface area contributed by atoms with Crippen LogP contribution >= 0.6 is 0 Å². The van der Waals surface area contributed by atoms with Crippen molar-refractivity contribution in [1.29, 1.82) is 0 Å². The zero-order valence-electron chi connectivity index (χ0n) is 10.5. The van der Waals surface area contributed by atoms with Crippen LogP contribution in [0.4, 0.5) is 5.69 Å². The number of nitrogens with one attached hydrogen (secondary N) is 1. The van der Waals surface area contributed by atoms with Gasteiger partial charge in [0, 0.05) is 20.3 Å². The Morgan fingerprint density at radius 1 is 1.56 bits per heavy atom. The number of carboxylic acids is 1. The average Bonchev–Trinajstić information content (AvgIpc) is 3.15. The van der Waals surface area contributed by atoms with E-state index in [-0.39, 0.29) is 5.69 Å². The largest absolute Gasteiger partial charge is 0.477 e. The highest BCUT2D eigenvalue weighted by atomic mass is 16.5. The molecule has 1 aromatic rings. The molecular formula is C13H18N2O3. The van der Waals surface area contributed by atoms with Gasteiger partial charge in [-0.05, 0) is 36.8 Å². The zero-order valence-corrected chi connectivity index (χ0v) is 10.5. The number of hydrogen-bond acceptors (Lipinski definition) is 4. The van der Waals surface area contributed by atoms with E-state index in [9.17, 15) is 4.79 Å². The van der Waals surface area contributed by atoms with E-state index in [2.05, 4.69) is 10.3 Å². The van der Waals surface area contributed by atoms with Crippen LogP contribution in [0, 0.1) is 5.41 Å². The second-order valence-corrected chi connectivity index (χ2v) is 4.83. The average molecular weight is 250 g/mol. The lowest BCUT2D eigenvalue weighted by Crippen LogP contribution is -2.17. The number of ether oxygens (including phenoxy) is 1. The van der Waals surface area contributed by atoms with Crippen molar-refractivity contribution in [1.82, 2.24) is 4.98 Å². The SMILES string of the molecule is COCCC1(CNc2ccc(C(=O)O)nc2)CC1. The number of nitrogens with zero attached hydrogens (tertiary/aromatic N) is 1. The smallest absolute Gasteiger partial charge is 0.354 e. The number of carbonyl (C=O) groups is 1. The molecular weight excluding hydrogens is 232 g/mol. The van der Waals surface area contributed by atoms with Crippen molar-refractivity contribution in [2.75, 3.05) is 25.6 Å². The summed E-state index contributed by atoms with van der Waals surface area (Å²) in [5, 5.41) is 12.1. The maximum Gasteiger partial charge on any atom is 0.354 e. The van der Waals surface area contributed by atoms with Crippen LogP contribution in [0.5, 0.6) is 0 Å². The summed E-state index contributed by atoms with van der Waals surface area (Å²) < 4.78 is 5.11. The van der Waals surface area contributed by atoms with Crippen molar-refractivity contribution in [3.05, 3.63) is 24.0 Å². The summed E-state index contributed by atoms with van der Waals surface area (Å²) in [6.45, 7) is 1.68. The summed E-state index contributed by atoms with van der Waals surface area (Å²) in [4.78, 5) is 14.5. The van der Waals surface area contributed by atoms with Crippen LogP contribution in [-0.4, -0.2) is 36.3 Å². The van der Waals surface area contributed by atoms with Gasteiger partial charge in [0.15, 0.2) is 0 Å². The molecule has 98 valence electrons. The lowest BCUT2D eigenvalue weighted by Gasteiger charge is -2.16. The monoisotopic (exact) mass is 250 g/mol. The molecule has 0 atom stereocenters. The van der Waals surface area contributed by atoms with Crippen LogP contribution < -0.4 is 5.32 Å². The van der Waals surface area contributed by atoms with Gasteiger partial charge in [0.1, 0.15) is 5.69 Å². The molecule has 2 rings (SSSR count). The molecule has 1 fully saturated rings. The Bertz CT molecular complexity index is 413. The Morgan fingerprint density at radius 3 is 2.83 bits per heavy atom. The molecule has 1 saturated carbocycles. The first-order chi connectivity index (χ1) is 8.65. The molecule has 0 radical (unpaired) electrons. The first-order valence-electron chi connectivity index (χ1n) is 6.07. The number of methoxy groups -OCH3 is 1. The standard InChI is InChI=1S/C13H18N2O3/c1-18-7-6-13(4-5-13)9-15-10-2-3-11(12(16)17)14-8-10/h2-3,8,15H,4-7,9H2,1H3,(H,16,17). The molecule has 1 heterocycles. The Labute approximate surface area is 106 Å². The first kappa shape index (κ1) is 12.8. The van der Waals surface area contributed by atoms with Crippen molar-refractivity contribution >= 4 is 11.7 Å². The van der Waals surface area contributed by atoms with E-state index in [0.717, 1.165) is 25.3 Å². The van der Waals surface area contributed by atoms with Crippen LogP contribution in [0.3, 0.4) is 0 Å². The van der Waals surface area contributed by atoms with Crippen molar-refractivity contribution in [3.8, 4) is 0 Å². The topological polar surface area (TPSA) is 71.5 Å². The zero-order chi connectivity index (χ0) is 13.0. The quantitative estimate of drug-likeness (QED) is 0.774. The second-order valence-electron chi connectivity index (χ2n) is 4.83. The molecule has 0 bridgehead atoms. The molecule has 0 aromatic carbocycles. The van der Waals surface area contributed by atoms with E-state index in [1.165, 1.54) is 18.9 Å². The second kappa shape index (κ2) is 5.35. The van der Waals surface area contributed by atoms with Crippen molar-refractivity contribution in [3.63, 3.8) is 0 Å². The maximum absolute atomic E-state index is 10.7. The van der Waals surface area contributed by atoms with Crippen LogP contribution in [-0.2, 0) is 4.74 Å². The highest BCUT2D eigenvalue weighted by molar-refractivity contribution is 5.85. The third-order valence-electron chi connectivity index (χ3n) is 3.44. The van der Waals surface area contributed by atoms with Gasteiger partial charge in [0.2, 0.25) is 0 Å². The highest BCUT2D eigenvalue weighted by Crippen LogP contribution is 2.48. The summed E-state index contributed by atoms with van der Waals surface area (Å²) in [6, 6.07) is 3.27. The molecule has 0 unspecified atom stereocenters. The van der Waals surface area contributed by atoms with Crippen LogP contribution in [0.15, 0.2) is 18.3 Å². The normalized spacial score (nSPS) is 16.3. The van der Waals surface area contributed by atoms with E-state index >= 15 is 0 Å². The van der Waals surface area contributed by atoms with Crippen molar-refractivity contribution < 1.29 is 14.6 Å². The predicted octanol–water partition coefficient (Wildman–Crippen LogP) is 2.01. The Balaban J connectivity index is 1.85. The van der Waals surface area contributed by atoms with Gasteiger partial charge in [-0.15, -0.1) is 0 Å². The molecule has 2 N–H and O–H groups in total. The molecule has 0 spiro atoms. The number of aromatic nitrogens is 1. The fourth-order valence-corrected chi connectivity index (χ4v) is 1.93. The van der Waals surface area contributed by atoms with Crippen molar-refractivity contribution in [2.24, 2.45) is 5.41 Å². The molecule has 5 heteroatoms. The van der Waals surface area contributed by atoms with Gasteiger partial charge in [0.25, 0.3) is 0 Å². The van der Waals surface area contributed by atoms with Crippen LogP contribution in [0.2, 0.25) is 0 Å². The van der Waals surface area contributed by atoms with E-state index in [1.807, 2.05) is 0 Å². The van der Waals surface area contributed by atoms with Gasteiger partial charge >= 0.3 is 5.97 Å². The van der Waals surface area contributed by atoms with Gasteiger partial charge in [0.05, 0.1) is 11.9 Å². The molecule has 18 heavy (non-hydrogen) atoms. The summed E-state index contributed by atoms with van der Waals surface area (Å²) >= 11 is 0. The van der Waals surface area contributed by atoms with Gasteiger partial charge in [-0.25, -0.2) is 9.78 Å². The van der Waals surface area contributed by atoms with Crippen molar-refractivity contribution in [2.45, 2.75) is 19.3 Å². The molecule has 5 nitrogen and oxygen atoms in total. The van der Waals surface area contributed by atoms with Gasteiger partial charge in [-0.1, -0.05) is 0 Å². The van der Waals surface area contributed by atoms with E-state index in [4.69, 9.17) is 9.84 Å². The number of rotatable bonds is 7. The summed E-state index contributed by atoms with van der Waals surface area (Å²) in [6.07, 6.45) is 5.08. The maximum atomic E-state index is 10.7. The van der Waals surface area contributed by atoms with Crippen LogP contribution in [0.1, 0.15) is 29.8 Å². The Hall–Kier alpha value is -1.62. The Kier molecular flexibility index (Phi) is 3.81. The number of carboxylic acid groups (broad SMARTS) is 1. The number of aromatic carboxylic acids is 1.